The fourth-order valence-electron chi connectivity index (χ4n) is 4.12. The van der Waals surface area contributed by atoms with E-state index in [0.29, 0.717) is 26.2 Å². The number of fused-ring (bicyclic) bond motifs is 1. The van der Waals surface area contributed by atoms with Gasteiger partial charge in [0.1, 0.15) is 11.5 Å². The molecule has 29 heavy (non-hydrogen) atoms. The van der Waals surface area contributed by atoms with Crippen LogP contribution in [-0.2, 0) is 22.6 Å². The fourth-order valence-corrected chi connectivity index (χ4v) is 4.12. The molecule has 1 atom stereocenters. The van der Waals surface area contributed by atoms with E-state index >= 15 is 0 Å². The zero-order chi connectivity index (χ0) is 20.4. The van der Waals surface area contributed by atoms with Crippen LogP contribution in [0.1, 0.15) is 24.5 Å². The summed E-state index contributed by atoms with van der Waals surface area (Å²) in [6, 6.07) is 13.5. The molecule has 2 amide bonds. The summed E-state index contributed by atoms with van der Waals surface area (Å²) in [5.41, 5.74) is 3.20. The molecule has 2 aliphatic heterocycles. The maximum Gasteiger partial charge on any atom is 0.228 e. The van der Waals surface area contributed by atoms with Gasteiger partial charge in [0.05, 0.1) is 19.6 Å². The number of nitrogens with zero attached hydrogens (tertiary/aromatic N) is 2. The highest BCUT2D eigenvalue weighted by molar-refractivity contribution is 6.00. The molecule has 2 aliphatic rings. The molecule has 1 fully saturated rings. The molecular weight excluding hydrogens is 368 g/mol. The second kappa shape index (κ2) is 8.15. The van der Waals surface area contributed by atoms with Gasteiger partial charge in [-0.15, -0.1) is 0 Å². The lowest BCUT2D eigenvalue weighted by Crippen LogP contribution is -2.40. The van der Waals surface area contributed by atoms with E-state index in [1.165, 1.54) is 5.56 Å². The standard InChI is InChI=1S/C23H26N2O4/c1-3-29-21-7-4-16-10-11-24(14-17(16)12-21)23(27)18-13-22(26)25(15-18)19-5-8-20(28-2)9-6-19/h4-9,12,18H,3,10-11,13-15H2,1-2H3. The van der Waals surface area contributed by atoms with Gasteiger partial charge in [-0.1, -0.05) is 6.07 Å². The monoisotopic (exact) mass is 394 g/mol. The molecular formula is C23H26N2O4. The van der Waals surface area contributed by atoms with E-state index in [4.69, 9.17) is 9.47 Å². The van der Waals surface area contributed by atoms with Gasteiger partial charge in [-0.25, -0.2) is 0 Å². The minimum atomic E-state index is -0.304. The summed E-state index contributed by atoms with van der Waals surface area (Å²) in [5.74, 6) is 1.32. The van der Waals surface area contributed by atoms with E-state index in [1.54, 1.807) is 12.0 Å². The zero-order valence-electron chi connectivity index (χ0n) is 16.9. The molecule has 1 unspecified atom stereocenters. The van der Waals surface area contributed by atoms with E-state index in [-0.39, 0.29) is 24.2 Å². The van der Waals surface area contributed by atoms with Crippen molar-refractivity contribution in [2.45, 2.75) is 26.3 Å². The van der Waals surface area contributed by atoms with Crippen molar-refractivity contribution in [3.63, 3.8) is 0 Å². The first kappa shape index (κ1) is 19.3. The Morgan fingerprint density at radius 1 is 1.10 bits per heavy atom. The third-order valence-corrected chi connectivity index (χ3v) is 5.67. The van der Waals surface area contributed by atoms with Crippen LogP contribution in [-0.4, -0.2) is 43.5 Å². The minimum Gasteiger partial charge on any atom is -0.497 e. The number of anilines is 1. The quantitative estimate of drug-likeness (QED) is 0.782. The number of ether oxygens (including phenoxy) is 2. The van der Waals surface area contributed by atoms with Crippen molar-refractivity contribution in [3.8, 4) is 11.5 Å². The number of rotatable bonds is 5. The van der Waals surface area contributed by atoms with Gasteiger partial charge in [0.15, 0.2) is 0 Å². The highest BCUT2D eigenvalue weighted by Crippen LogP contribution is 2.30. The third-order valence-electron chi connectivity index (χ3n) is 5.67. The largest absolute Gasteiger partial charge is 0.497 e. The van der Waals surface area contributed by atoms with Crippen LogP contribution in [0.5, 0.6) is 11.5 Å². The minimum absolute atomic E-state index is 0.00967. The number of hydrogen-bond acceptors (Lipinski definition) is 4. The molecule has 6 heteroatoms. The number of benzene rings is 2. The van der Waals surface area contributed by atoms with Crippen LogP contribution in [0.25, 0.3) is 0 Å². The molecule has 0 spiro atoms. The van der Waals surface area contributed by atoms with Crippen molar-refractivity contribution in [1.29, 1.82) is 0 Å². The van der Waals surface area contributed by atoms with Gasteiger partial charge < -0.3 is 19.3 Å². The third kappa shape index (κ3) is 3.92. The highest BCUT2D eigenvalue weighted by atomic mass is 16.5. The maximum absolute atomic E-state index is 13.1. The average molecular weight is 394 g/mol. The number of carbonyl (C=O) groups is 2. The molecule has 1 saturated heterocycles. The molecule has 2 heterocycles. The van der Waals surface area contributed by atoms with Crippen LogP contribution in [0, 0.1) is 5.92 Å². The molecule has 2 aromatic carbocycles. The lowest BCUT2D eigenvalue weighted by molar-refractivity contribution is -0.136. The van der Waals surface area contributed by atoms with Crippen LogP contribution >= 0.6 is 0 Å². The van der Waals surface area contributed by atoms with Crippen molar-refractivity contribution < 1.29 is 19.1 Å². The first-order valence-electron chi connectivity index (χ1n) is 10.1. The van der Waals surface area contributed by atoms with Crippen LogP contribution < -0.4 is 14.4 Å². The predicted octanol–water partition coefficient (Wildman–Crippen LogP) is 3.03. The molecule has 0 bridgehead atoms. The van der Waals surface area contributed by atoms with Gasteiger partial charge in [-0.3, -0.25) is 9.59 Å². The predicted molar refractivity (Wildman–Crippen MR) is 110 cm³/mol. The molecule has 0 aromatic heterocycles. The van der Waals surface area contributed by atoms with Gasteiger partial charge in [0.25, 0.3) is 0 Å². The molecule has 0 N–H and O–H groups in total. The zero-order valence-corrected chi connectivity index (χ0v) is 16.9. The summed E-state index contributed by atoms with van der Waals surface area (Å²) >= 11 is 0. The first-order valence-corrected chi connectivity index (χ1v) is 10.1. The summed E-state index contributed by atoms with van der Waals surface area (Å²) in [5, 5.41) is 0. The summed E-state index contributed by atoms with van der Waals surface area (Å²) in [6.45, 7) is 4.26. The fraction of sp³-hybridized carbons (Fsp3) is 0.391. The van der Waals surface area contributed by atoms with Crippen molar-refractivity contribution >= 4 is 17.5 Å². The van der Waals surface area contributed by atoms with E-state index in [9.17, 15) is 9.59 Å². The van der Waals surface area contributed by atoms with Crippen LogP contribution in [0.2, 0.25) is 0 Å². The van der Waals surface area contributed by atoms with E-state index in [2.05, 4.69) is 6.07 Å². The SMILES string of the molecule is CCOc1ccc2c(c1)CN(C(=O)C1CC(=O)N(c3ccc(OC)cc3)C1)CC2. The highest BCUT2D eigenvalue weighted by Gasteiger charge is 2.38. The smallest absolute Gasteiger partial charge is 0.228 e. The molecule has 152 valence electrons. The molecule has 0 aliphatic carbocycles. The summed E-state index contributed by atoms with van der Waals surface area (Å²) in [4.78, 5) is 29.3. The second-order valence-electron chi connectivity index (χ2n) is 7.48. The van der Waals surface area contributed by atoms with Crippen LogP contribution in [0.3, 0.4) is 0 Å². The summed E-state index contributed by atoms with van der Waals surface area (Å²) in [7, 11) is 1.61. The lowest BCUT2D eigenvalue weighted by atomic mass is 9.97. The Morgan fingerprint density at radius 3 is 2.59 bits per heavy atom. The Labute approximate surface area is 171 Å². The number of amides is 2. The summed E-state index contributed by atoms with van der Waals surface area (Å²) in [6.07, 6.45) is 1.09. The molecule has 2 aromatic rings. The Bertz CT molecular complexity index is 910. The van der Waals surface area contributed by atoms with Crippen molar-refractivity contribution in [3.05, 3.63) is 53.6 Å². The van der Waals surface area contributed by atoms with E-state index < -0.39 is 0 Å². The van der Waals surface area contributed by atoms with E-state index in [0.717, 1.165) is 29.2 Å². The average Bonchev–Trinajstić information content (AvgIpc) is 3.14. The van der Waals surface area contributed by atoms with Crippen LogP contribution in [0.4, 0.5) is 5.69 Å². The van der Waals surface area contributed by atoms with Gasteiger partial charge in [-0.05, 0) is 60.9 Å². The molecule has 6 nitrogen and oxygen atoms in total. The maximum atomic E-state index is 13.1. The molecule has 4 rings (SSSR count). The Kier molecular flexibility index (Phi) is 5.43. The van der Waals surface area contributed by atoms with Gasteiger partial charge in [0.2, 0.25) is 11.8 Å². The number of hydrogen-bond donors (Lipinski definition) is 0. The Hall–Kier alpha value is -3.02. The second-order valence-corrected chi connectivity index (χ2v) is 7.48. The van der Waals surface area contributed by atoms with Gasteiger partial charge in [0, 0.05) is 31.7 Å². The number of carbonyl (C=O) groups excluding carboxylic acids is 2. The Balaban J connectivity index is 1.44. The summed E-state index contributed by atoms with van der Waals surface area (Å²) < 4.78 is 10.8. The molecule has 0 radical (unpaired) electrons. The lowest BCUT2D eigenvalue weighted by Gasteiger charge is -2.31. The number of methoxy groups -OCH3 is 1. The Morgan fingerprint density at radius 2 is 1.86 bits per heavy atom. The first-order chi connectivity index (χ1) is 14.1. The van der Waals surface area contributed by atoms with Crippen molar-refractivity contribution in [2.24, 2.45) is 5.92 Å². The molecule has 0 saturated carbocycles. The van der Waals surface area contributed by atoms with Gasteiger partial charge in [-0.2, -0.15) is 0 Å². The topological polar surface area (TPSA) is 59.1 Å². The normalized spacial score (nSPS) is 18.6. The van der Waals surface area contributed by atoms with E-state index in [1.807, 2.05) is 48.2 Å². The van der Waals surface area contributed by atoms with Crippen LogP contribution in [0.15, 0.2) is 42.5 Å². The van der Waals surface area contributed by atoms with Gasteiger partial charge >= 0.3 is 0 Å². The van der Waals surface area contributed by atoms with Crippen molar-refractivity contribution in [1.82, 2.24) is 4.90 Å². The van der Waals surface area contributed by atoms with Crippen molar-refractivity contribution in [2.75, 3.05) is 31.7 Å².